The van der Waals surface area contributed by atoms with E-state index in [1.807, 2.05) is 18.2 Å². The second-order valence-electron chi connectivity index (χ2n) is 3.76. The van der Waals surface area contributed by atoms with Gasteiger partial charge in [-0.25, -0.2) is 0 Å². The van der Waals surface area contributed by atoms with E-state index in [0.29, 0.717) is 19.5 Å². The zero-order valence-electron chi connectivity index (χ0n) is 9.39. The molecule has 0 saturated carbocycles. The third-order valence-corrected chi connectivity index (χ3v) is 2.36. The van der Waals surface area contributed by atoms with E-state index in [1.165, 1.54) is 5.56 Å². The molecule has 0 aliphatic carbocycles. The van der Waals surface area contributed by atoms with Crippen LogP contribution in [0, 0.1) is 5.41 Å². The molecule has 0 amide bonds. The van der Waals surface area contributed by atoms with Crippen molar-refractivity contribution in [3.8, 4) is 0 Å². The summed E-state index contributed by atoms with van der Waals surface area (Å²) in [5, 5.41) is 16.1. The van der Waals surface area contributed by atoms with Crippen molar-refractivity contribution in [3.05, 3.63) is 35.9 Å². The van der Waals surface area contributed by atoms with Gasteiger partial charge in [-0.15, -0.1) is 0 Å². The van der Waals surface area contributed by atoms with E-state index in [2.05, 4.69) is 17.0 Å². The third kappa shape index (κ3) is 4.91. The minimum absolute atomic E-state index is 0.130. The Morgan fingerprint density at radius 2 is 1.94 bits per heavy atom. The fourth-order valence-electron chi connectivity index (χ4n) is 1.53. The maximum Gasteiger partial charge on any atom is 0.0918 e. The Morgan fingerprint density at radius 3 is 2.50 bits per heavy atom. The first kappa shape index (κ1) is 12.7. The normalized spacial score (nSPS) is 10.6. The Hall–Kier alpha value is -1.39. The predicted octanol–water partition coefficient (Wildman–Crippen LogP) is 0.807. The van der Waals surface area contributed by atoms with E-state index in [9.17, 15) is 0 Å². The molecule has 1 aromatic carbocycles. The van der Waals surface area contributed by atoms with Crippen molar-refractivity contribution in [1.82, 2.24) is 4.90 Å². The Kier molecular flexibility index (Phi) is 5.53. The summed E-state index contributed by atoms with van der Waals surface area (Å²) in [6.45, 7) is 2.24. The minimum Gasteiger partial charge on any atom is -0.395 e. The number of hydrogen-bond donors (Lipinski definition) is 3. The van der Waals surface area contributed by atoms with E-state index >= 15 is 0 Å². The van der Waals surface area contributed by atoms with Gasteiger partial charge < -0.3 is 10.8 Å². The van der Waals surface area contributed by atoms with Crippen LogP contribution in [0.2, 0.25) is 0 Å². The molecule has 4 nitrogen and oxygen atoms in total. The van der Waals surface area contributed by atoms with Gasteiger partial charge in [-0.3, -0.25) is 10.3 Å². The number of nitrogens with two attached hydrogens (primary N) is 1. The van der Waals surface area contributed by atoms with Crippen LogP contribution in [-0.2, 0) is 6.54 Å². The number of aliphatic hydroxyl groups is 1. The molecule has 0 spiro atoms. The highest BCUT2D eigenvalue weighted by Crippen LogP contribution is 2.04. The minimum atomic E-state index is 0.130. The van der Waals surface area contributed by atoms with Gasteiger partial charge in [0.05, 0.1) is 12.4 Å². The van der Waals surface area contributed by atoms with Gasteiger partial charge in [0.1, 0.15) is 0 Å². The second-order valence-corrected chi connectivity index (χ2v) is 3.76. The van der Waals surface area contributed by atoms with Crippen LogP contribution in [0.4, 0.5) is 0 Å². The van der Waals surface area contributed by atoms with E-state index in [4.69, 9.17) is 16.2 Å². The maximum atomic E-state index is 8.95. The van der Waals surface area contributed by atoms with Crippen LogP contribution in [-0.4, -0.2) is 35.5 Å². The molecule has 4 heteroatoms. The smallest absolute Gasteiger partial charge is 0.0918 e. The lowest BCUT2D eigenvalue weighted by molar-refractivity contribution is 0.193. The fourth-order valence-corrected chi connectivity index (χ4v) is 1.53. The van der Waals surface area contributed by atoms with E-state index in [0.717, 1.165) is 6.54 Å². The van der Waals surface area contributed by atoms with Crippen LogP contribution >= 0.6 is 0 Å². The molecule has 1 rings (SSSR count). The lowest BCUT2D eigenvalue weighted by Crippen LogP contribution is -2.30. The molecule has 0 saturated heterocycles. The highest BCUT2D eigenvalue weighted by atomic mass is 16.3. The predicted molar refractivity (Wildman–Crippen MR) is 65.3 cm³/mol. The molecule has 0 radical (unpaired) electrons. The molecule has 0 bridgehead atoms. The van der Waals surface area contributed by atoms with Crippen LogP contribution in [0.5, 0.6) is 0 Å². The molecule has 1 aromatic rings. The number of nitrogens with zero attached hydrogens (tertiary/aromatic N) is 1. The lowest BCUT2D eigenvalue weighted by atomic mass is 10.2. The molecule has 0 heterocycles. The van der Waals surface area contributed by atoms with Crippen molar-refractivity contribution in [3.63, 3.8) is 0 Å². The monoisotopic (exact) mass is 221 g/mol. The zero-order chi connectivity index (χ0) is 11.8. The summed E-state index contributed by atoms with van der Waals surface area (Å²) < 4.78 is 0. The Bertz CT molecular complexity index is 313. The summed E-state index contributed by atoms with van der Waals surface area (Å²) in [6, 6.07) is 10.1. The molecule has 0 aromatic heterocycles. The van der Waals surface area contributed by atoms with Crippen molar-refractivity contribution >= 4 is 5.84 Å². The summed E-state index contributed by atoms with van der Waals surface area (Å²) in [5.74, 6) is 0.191. The largest absolute Gasteiger partial charge is 0.395 e. The summed E-state index contributed by atoms with van der Waals surface area (Å²) in [6.07, 6.45) is 0.548. The molecule has 4 N–H and O–H groups in total. The van der Waals surface area contributed by atoms with Crippen molar-refractivity contribution in [2.24, 2.45) is 5.73 Å². The van der Waals surface area contributed by atoms with E-state index < -0.39 is 0 Å². The lowest BCUT2D eigenvalue weighted by Gasteiger charge is -2.20. The number of hydrogen-bond acceptors (Lipinski definition) is 3. The van der Waals surface area contributed by atoms with Crippen LogP contribution in [0.3, 0.4) is 0 Å². The van der Waals surface area contributed by atoms with Gasteiger partial charge in [0, 0.05) is 26.1 Å². The van der Waals surface area contributed by atoms with Crippen molar-refractivity contribution in [2.45, 2.75) is 13.0 Å². The molecule has 0 fully saturated rings. The Morgan fingerprint density at radius 1 is 1.25 bits per heavy atom. The number of nitrogens with one attached hydrogen (secondary N) is 1. The fraction of sp³-hybridized carbons (Fsp3) is 0.417. The first-order valence-electron chi connectivity index (χ1n) is 5.42. The zero-order valence-corrected chi connectivity index (χ0v) is 9.39. The number of aliphatic hydroxyl groups excluding tert-OH is 1. The van der Waals surface area contributed by atoms with Gasteiger partial charge in [-0.1, -0.05) is 30.3 Å². The molecular weight excluding hydrogens is 202 g/mol. The van der Waals surface area contributed by atoms with Gasteiger partial charge in [0.25, 0.3) is 0 Å². The van der Waals surface area contributed by atoms with Crippen LogP contribution in [0.1, 0.15) is 12.0 Å². The van der Waals surface area contributed by atoms with Gasteiger partial charge >= 0.3 is 0 Å². The van der Waals surface area contributed by atoms with Gasteiger partial charge in [-0.05, 0) is 5.56 Å². The molecule has 0 aliphatic heterocycles. The summed E-state index contributed by atoms with van der Waals surface area (Å²) >= 11 is 0. The first-order valence-corrected chi connectivity index (χ1v) is 5.42. The van der Waals surface area contributed by atoms with Crippen LogP contribution in [0.15, 0.2) is 30.3 Å². The third-order valence-electron chi connectivity index (χ3n) is 2.36. The van der Waals surface area contributed by atoms with Crippen molar-refractivity contribution in [2.75, 3.05) is 19.7 Å². The van der Waals surface area contributed by atoms with Crippen LogP contribution < -0.4 is 5.73 Å². The average molecular weight is 221 g/mol. The highest BCUT2D eigenvalue weighted by Gasteiger charge is 2.05. The van der Waals surface area contributed by atoms with Crippen LogP contribution in [0.25, 0.3) is 0 Å². The topological polar surface area (TPSA) is 73.3 Å². The van der Waals surface area contributed by atoms with E-state index in [1.54, 1.807) is 0 Å². The molecular formula is C12H19N3O. The highest BCUT2D eigenvalue weighted by molar-refractivity contribution is 5.76. The quantitative estimate of drug-likeness (QED) is 0.471. The molecule has 0 aliphatic rings. The van der Waals surface area contributed by atoms with Gasteiger partial charge in [-0.2, -0.15) is 0 Å². The Labute approximate surface area is 96.2 Å². The Balaban J connectivity index is 2.47. The first-order chi connectivity index (χ1) is 7.72. The number of benzene rings is 1. The molecule has 16 heavy (non-hydrogen) atoms. The van der Waals surface area contributed by atoms with Gasteiger partial charge in [0.2, 0.25) is 0 Å². The van der Waals surface area contributed by atoms with Crippen molar-refractivity contribution < 1.29 is 5.11 Å². The van der Waals surface area contributed by atoms with E-state index in [-0.39, 0.29) is 12.4 Å². The summed E-state index contributed by atoms with van der Waals surface area (Å²) in [7, 11) is 0. The van der Waals surface area contributed by atoms with Gasteiger partial charge in [0.15, 0.2) is 0 Å². The average Bonchev–Trinajstić information content (AvgIpc) is 2.27. The number of rotatable bonds is 7. The standard InChI is InChI=1S/C12H19N3O/c13-12(14)6-7-15(8-9-16)10-11-4-2-1-3-5-11/h1-5,16H,6-10H2,(H3,13,14). The SMILES string of the molecule is N=C(N)CCN(CCO)Cc1ccccc1. The van der Waals surface area contributed by atoms with Crippen molar-refractivity contribution in [1.29, 1.82) is 5.41 Å². The molecule has 0 unspecified atom stereocenters. The summed E-state index contributed by atoms with van der Waals surface area (Å²) in [5.41, 5.74) is 6.53. The maximum absolute atomic E-state index is 8.95. The molecule has 88 valence electrons. The number of amidine groups is 1. The second kappa shape index (κ2) is 6.98. The summed E-state index contributed by atoms with van der Waals surface area (Å²) in [4.78, 5) is 2.09. The molecule has 0 atom stereocenters.